The first-order chi connectivity index (χ1) is 10.0. The third kappa shape index (κ3) is 4.87. The van der Waals surface area contributed by atoms with Gasteiger partial charge in [-0.05, 0) is 36.0 Å². The van der Waals surface area contributed by atoms with Crippen molar-refractivity contribution in [3.05, 3.63) is 34.6 Å². The molecule has 0 aliphatic rings. The molecular formula is C18H23FN2. The first kappa shape index (κ1) is 17.2. The smallest absolute Gasteiger partial charge is 0.158 e. The molecule has 0 amide bonds. The van der Waals surface area contributed by atoms with Gasteiger partial charge in [-0.2, -0.15) is 10.5 Å². The molecule has 1 aromatic rings. The maximum atomic E-state index is 13.7. The number of benzene rings is 1. The molecule has 2 nitrogen and oxygen atoms in total. The van der Waals surface area contributed by atoms with E-state index in [-0.39, 0.29) is 17.0 Å². The van der Waals surface area contributed by atoms with Crippen LogP contribution in [0.1, 0.15) is 75.5 Å². The van der Waals surface area contributed by atoms with E-state index in [1.54, 1.807) is 12.1 Å². The van der Waals surface area contributed by atoms with E-state index in [1.807, 2.05) is 12.1 Å². The number of halogens is 1. The molecule has 0 aromatic heterocycles. The van der Waals surface area contributed by atoms with Crippen LogP contribution in [-0.2, 0) is 0 Å². The van der Waals surface area contributed by atoms with Gasteiger partial charge in [-0.15, -0.1) is 0 Å². The highest BCUT2D eigenvalue weighted by molar-refractivity contribution is 5.45. The zero-order valence-corrected chi connectivity index (χ0v) is 13.1. The van der Waals surface area contributed by atoms with E-state index in [1.165, 1.54) is 19.3 Å². The van der Waals surface area contributed by atoms with E-state index in [4.69, 9.17) is 10.5 Å². The lowest BCUT2D eigenvalue weighted by Crippen LogP contribution is -2.02. The van der Waals surface area contributed by atoms with Crippen molar-refractivity contribution in [3.8, 4) is 12.1 Å². The van der Waals surface area contributed by atoms with E-state index in [0.29, 0.717) is 5.92 Å². The number of rotatable bonds is 7. The average Bonchev–Trinajstić information content (AvgIpc) is 2.50. The van der Waals surface area contributed by atoms with Gasteiger partial charge < -0.3 is 0 Å². The molecule has 3 heteroatoms. The molecule has 1 rings (SSSR count). The second kappa shape index (κ2) is 8.42. The Morgan fingerprint density at radius 3 is 2.10 bits per heavy atom. The Morgan fingerprint density at radius 2 is 1.62 bits per heavy atom. The van der Waals surface area contributed by atoms with Gasteiger partial charge in [-0.25, -0.2) is 4.39 Å². The third-order valence-corrected chi connectivity index (χ3v) is 4.05. The Morgan fingerprint density at radius 1 is 1.05 bits per heavy atom. The largest absolute Gasteiger partial charge is 0.204 e. The molecule has 0 aliphatic heterocycles. The predicted molar refractivity (Wildman–Crippen MR) is 82.2 cm³/mol. The highest BCUT2D eigenvalue weighted by Gasteiger charge is 2.15. The SMILES string of the molecule is CCCCC(C)CCC(C)c1cc(C#N)c(F)c(C#N)c1. The lowest BCUT2D eigenvalue weighted by molar-refractivity contribution is 0.439. The molecule has 0 saturated carbocycles. The summed E-state index contributed by atoms with van der Waals surface area (Å²) < 4.78 is 13.7. The van der Waals surface area contributed by atoms with Crippen LogP contribution in [0.2, 0.25) is 0 Å². The van der Waals surface area contributed by atoms with Crippen LogP contribution in [-0.4, -0.2) is 0 Å². The quantitative estimate of drug-likeness (QED) is 0.684. The molecule has 0 saturated heterocycles. The average molecular weight is 286 g/mol. The molecule has 1 aromatic carbocycles. The van der Waals surface area contributed by atoms with Crippen molar-refractivity contribution < 1.29 is 4.39 Å². The Bertz CT molecular complexity index is 516. The van der Waals surface area contributed by atoms with Gasteiger partial charge in [0.05, 0.1) is 11.1 Å². The Kier molecular flexibility index (Phi) is 6.89. The minimum Gasteiger partial charge on any atom is -0.204 e. The summed E-state index contributed by atoms with van der Waals surface area (Å²) in [6.07, 6.45) is 5.81. The van der Waals surface area contributed by atoms with Gasteiger partial charge in [0.2, 0.25) is 0 Å². The fourth-order valence-electron chi connectivity index (χ4n) is 2.49. The maximum absolute atomic E-state index is 13.7. The van der Waals surface area contributed by atoms with Crippen LogP contribution in [0.3, 0.4) is 0 Å². The fourth-order valence-corrected chi connectivity index (χ4v) is 2.49. The minimum atomic E-state index is -0.702. The van der Waals surface area contributed by atoms with Crippen molar-refractivity contribution in [2.24, 2.45) is 5.92 Å². The van der Waals surface area contributed by atoms with Crippen LogP contribution >= 0.6 is 0 Å². The van der Waals surface area contributed by atoms with Crippen LogP contribution in [0.4, 0.5) is 4.39 Å². The van der Waals surface area contributed by atoms with Crippen molar-refractivity contribution in [1.82, 2.24) is 0 Å². The van der Waals surface area contributed by atoms with E-state index in [0.717, 1.165) is 18.4 Å². The minimum absolute atomic E-state index is 0.0325. The number of nitrogens with zero attached hydrogens (tertiary/aromatic N) is 2. The normalized spacial score (nSPS) is 13.2. The summed E-state index contributed by atoms with van der Waals surface area (Å²) in [5.74, 6) is 0.208. The topological polar surface area (TPSA) is 47.6 Å². The summed E-state index contributed by atoms with van der Waals surface area (Å²) in [4.78, 5) is 0. The van der Waals surface area contributed by atoms with Crippen LogP contribution in [0.5, 0.6) is 0 Å². The number of nitriles is 2. The molecule has 112 valence electrons. The summed E-state index contributed by atoms with van der Waals surface area (Å²) in [5, 5.41) is 17.9. The molecule has 0 N–H and O–H groups in total. The van der Waals surface area contributed by atoms with Crippen molar-refractivity contribution in [2.75, 3.05) is 0 Å². The van der Waals surface area contributed by atoms with Crippen molar-refractivity contribution >= 4 is 0 Å². The molecule has 0 spiro atoms. The van der Waals surface area contributed by atoms with E-state index < -0.39 is 5.82 Å². The third-order valence-electron chi connectivity index (χ3n) is 4.05. The fraction of sp³-hybridized carbons (Fsp3) is 0.556. The Balaban J connectivity index is 2.77. The first-order valence-corrected chi connectivity index (χ1v) is 7.67. The van der Waals surface area contributed by atoms with Crippen molar-refractivity contribution in [2.45, 2.75) is 58.8 Å². The van der Waals surface area contributed by atoms with Gasteiger partial charge in [-0.3, -0.25) is 0 Å². The molecule has 0 fully saturated rings. The summed E-state index contributed by atoms with van der Waals surface area (Å²) in [5.41, 5.74) is 0.817. The van der Waals surface area contributed by atoms with Crippen molar-refractivity contribution in [3.63, 3.8) is 0 Å². The molecular weight excluding hydrogens is 263 g/mol. The van der Waals surface area contributed by atoms with Gasteiger partial charge in [0.15, 0.2) is 5.82 Å². The molecule has 2 atom stereocenters. The summed E-state index contributed by atoms with van der Waals surface area (Å²) in [6.45, 7) is 6.53. The number of hydrogen-bond donors (Lipinski definition) is 0. The number of unbranched alkanes of at least 4 members (excludes halogenated alkanes) is 1. The lowest BCUT2D eigenvalue weighted by Gasteiger charge is -2.16. The molecule has 0 aliphatic carbocycles. The van der Waals surface area contributed by atoms with Gasteiger partial charge in [0.25, 0.3) is 0 Å². The molecule has 21 heavy (non-hydrogen) atoms. The monoisotopic (exact) mass is 286 g/mol. The van der Waals surface area contributed by atoms with Gasteiger partial charge in [0.1, 0.15) is 12.1 Å². The van der Waals surface area contributed by atoms with Gasteiger partial charge in [-0.1, -0.05) is 46.5 Å². The molecule has 0 bridgehead atoms. The molecule has 2 unspecified atom stereocenters. The summed E-state index contributed by atoms with van der Waals surface area (Å²) in [6, 6.07) is 6.83. The van der Waals surface area contributed by atoms with Crippen LogP contribution in [0, 0.1) is 34.4 Å². The highest BCUT2D eigenvalue weighted by Crippen LogP contribution is 2.27. The molecule has 0 radical (unpaired) electrons. The Labute approximate surface area is 127 Å². The standard InChI is InChI=1S/C18H23FN2/c1-4-5-6-13(2)7-8-14(3)15-9-16(11-20)18(19)17(10-15)12-21/h9-10,13-14H,4-8H2,1-3H3. The zero-order valence-electron chi connectivity index (χ0n) is 13.1. The number of hydrogen-bond acceptors (Lipinski definition) is 2. The first-order valence-electron chi connectivity index (χ1n) is 7.67. The summed E-state index contributed by atoms with van der Waals surface area (Å²) in [7, 11) is 0. The second-order valence-corrected chi connectivity index (χ2v) is 5.88. The second-order valence-electron chi connectivity index (χ2n) is 5.88. The lowest BCUT2D eigenvalue weighted by atomic mass is 9.89. The van der Waals surface area contributed by atoms with Gasteiger partial charge >= 0.3 is 0 Å². The zero-order chi connectivity index (χ0) is 15.8. The van der Waals surface area contributed by atoms with Gasteiger partial charge in [0, 0.05) is 0 Å². The highest BCUT2D eigenvalue weighted by atomic mass is 19.1. The van der Waals surface area contributed by atoms with Crippen LogP contribution in [0.15, 0.2) is 12.1 Å². The maximum Gasteiger partial charge on any atom is 0.158 e. The van der Waals surface area contributed by atoms with E-state index in [2.05, 4.69) is 20.8 Å². The van der Waals surface area contributed by atoms with Crippen LogP contribution in [0.25, 0.3) is 0 Å². The van der Waals surface area contributed by atoms with E-state index in [9.17, 15) is 4.39 Å². The summed E-state index contributed by atoms with van der Waals surface area (Å²) >= 11 is 0. The van der Waals surface area contributed by atoms with E-state index >= 15 is 0 Å². The van der Waals surface area contributed by atoms with Crippen LogP contribution < -0.4 is 0 Å². The molecule has 0 heterocycles. The Hall–Kier alpha value is -1.87. The predicted octanol–water partition coefficient (Wildman–Crippen LogP) is 5.28. The van der Waals surface area contributed by atoms with Crippen molar-refractivity contribution in [1.29, 1.82) is 10.5 Å².